The van der Waals surface area contributed by atoms with Gasteiger partial charge in [-0.1, -0.05) is 6.07 Å². The van der Waals surface area contributed by atoms with Gasteiger partial charge in [0.2, 0.25) is 0 Å². The Morgan fingerprint density at radius 1 is 1.41 bits per heavy atom. The lowest BCUT2D eigenvalue weighted by Gasteiger charge is -2.34. The molecule has 0 radical (unpaired) electrons. The normalized spacial score (nSPS) is 20.6. The molecule has 17 heavy (non-hydrogen) atoms. The summed E-state index contributed by atoms with van der Waals surface area (Å²) in [5.41, 5.74) is 1.96. The molecule has 2 N–H and O–H groups in total. The number of aliphatic hydroxyl groups is 2. The number of halogens is 1. The molecule has 1 aromatic rings. The highest BCUT2D eigenvalue weighted by Gasteiger charge is 2.21. The molecule has 2 rings (SSSR count). The molecule has 0 aliphatic carbocycles. The van der Waals surface area contributed by atoms with Crippen LogP contribution in [0.25, 0.3) is 0 Å². The smallest absolute Gasteiger partial charge is 0.0980 e. The van der Waals surface area contributed by atoms with E-state index in [4.69, 9.17) is 14.9 Å². The number of nitrogens with zero attached hydrogens (tertiary/aromatic N) is 1. The van der Waals surface area contributed by atoms with Crippen LogP contribution in [0.15, 0.2) is 22.7 Å². The van der Waals surface area contributed by atoms with Crippen molar-refractivity contribution in [1.82, 2.24) is 0 Å². The Morgan fingerprint density at radius 3 is 2.88 bits per heavy atom. The van der Waals surface area contributed by atoms with Gasteiger partial charge in [0.1, 0.15) is 0 Å². The third kappa shape index (κ3) is 2.98. The SMILES string of the molecule is OCc1ccc(N2CCOC(CO)C2)c(Br)c1. The van der Waals surface area contributed by atoms with E-state index in [9.17, 15) is 0 Å². The Morgan fingerprint density at radius 2 is 2.24 bits per heavy atom. The molecule has 0 bridgehead atoms. The van der Waals surface area contributed by atoms with Crippen LogP contribution in [0.3, 0.4) is 0 Å². The fourth-order valence-corrected chi connectivity index (χ4v) is 2.63. The number of aliphatic hydroxyl groups excluding tert-OH is 2. The average molecular weight is 302 g/mol. The van der Waals surface area contributed by atoms with E-state index in [1.807, 2.05) is 18.2 Å². The Kier molecular flexibility index (Phi) is 4.39. The van der Waals surface area contributed by atoms with E-state index in [0.717, 1.165) is 22.3 Å². The minimum absolute atomic E-state index is 0.0429. The summed E-state index contributed by atoms with van der Waals surface area (Å²) < 4.78 is 6.38. The second kappa shape index (κ2) is 5.82. The number of rotatable bonds is 3. The maximum absolute atomic E-state index is 9.11. The number of morpholine rings is 1. The molecular formula is C12H16BrNO3. The minimum atomic E-state index is -0.117. The molecule has 0 spiro atoms. The van der Waals surface area contributed by atoms with E-state index in [1.165, 1.54) is 0 Å². The molecule has 1 atom stereocenters. The quantitative estimate of drug-likeness (QED) is 0.879. The third-order valence-corrected chi connectivity index (χ3v) is 3.51. The summed E-state index contributed by atoms with van der Waals surface area (Å²) in [7, 11) is 0. The van der Waals surface area contributed by atoms with Gasteiger partial charge in [-0.05, 0) is 33.6 Å². The fourth-order valence-electron chi connectivity index (χ4n) is 1.95. The summed E-state index contributed by atoms with van der Waals surface area (Å²) in [5.74, 6) is 0. The average Bonchev–Trinajstić information content (AvgIpc) is 2.38. The van der Waals surface area contributed by atoms with Crippen LogP contribution in [0.5, 0.6) is 0 Å². The molecule has 5 heteroatoms. The number of hydrogen-bond donors (Lipinski definition) is 2. The standard InChI is InChI=1S/C12H16BrNO3/c13-11-5-9(7-15)1-2-12(11)14-3-4-17-10(6-14)8-16/h1-2,5,10,15-16H,3-4,6-8H2. The first-order chi connectivity index (χ1) is 8.24. The summed E-state index contributed by atoms with van der Waals surface area (Å²) in [5, 5.41) is 18.2. The van der Waals surface area contributed by atoms with Gasteiger partial charge in [-0.3, -0.25) is 0 Å². The third-order valence-electron chi connectivity index (χ3n) is 2.88. The van der Waals surface area contributed by atoms with E-state index >= 15 is 0 Å². The highest BCUT2D eigenvalue weighted by atomic mass is 79.9. The summed E-state index contributed by atoms with van der Waals surface area (Å²) >= 11 is 3.51. The molecule has 0 saturated carbocycles. The van der Waals surface area contributed by atoms with Gasteiger partial charge >= 0.3 is 0 Å². The van der Waals surface area contributed by atoms with Crippen molar-refractivity contribution in [3.8, 4) is 0 Å². The number of ether oxygens (including phenoxy) is 1. The van der Waals surface area contributed by atoms with Crippen molar-refractivity contribution < 1.29 is 14.9 Å². The van der Waals surface area contributed by atoms with Crippen molar-refractivity contribution in [2.75, 3.05) is 31.2 Å². The summed E-state index contributed by atoms with van der Waals surface area (Å²) in [6.45, 7) is 2.21. The van der Waals surface area contributed by atoms with Crippen molar-refractivity contribution in [3.63, 3.8) is 0 Å². The second-order valence-corrected chi connectivity index (χ2v) is 4.92. The van der Waals surface area contributed by atoms with Crippen LogP contribution in [-0.4, -0.2) is 42.6 Å². The highest BCUT2D eigenvalue weighted by Crippen LogP contribution is 2.28. The molecule has 1 saturated heterocycles. The Bertz CT molecular complexity index is 386. The van der Waals surface area contributed by atoms with Crippen LogP contribution in [0.1, 0.15) is 5.56 Å². The zero-order valence-electron chi connectivity index (χ0n) is 9.47. The molecule has 1 heterocycles. The van der Waals surface area contributed by atoms with Gasteiger partial charge in [-0.15, -0.1) is 0 Å². The minimum Gasteiger partial charge on any atom is -0.394 e. The monoisotopic (exact) mass is 301 g/mol. The molecule has 0 aromatic heterocycles. The number of anilines is 1. The molecule has 4 nitrogen and oxygen atoms in total. The van der Waals surface area contributed by atoms with Crippen molar-refractivity contribution >= 4 is 21.6 Å². The van der Waals surface area contributed by atoms with E-state index in [1.54, 1.807) is 0 Å². The molecule has 1 aliphatic heterocycles. The second-order valence-electron chi connectivity index (χ2n) is 4.07. The van der Waals surface area contributed by atoms with Crippen molar-refractivity contribution in [1.29, 1.82) is 0 Å². The van der Waals surface area contributed by atoms with Crippen molar-refractivity contribution in [3.05, 3.63) is 28.2 Å². The van der Waals surface area contributed by atoms with E-state index in [0.29, 0.717) is 13.2 Å². The molecule has 0 amide bonds. The Hall–Kier alpha value is -0.620. The predicted molar refractivity (Wildman–Crippen MR) is 69.1 cm³/mol. The van der Waals surface area contributed by atoms with Crippen molar-refractivity contribution in [2.24, 2.45) is 0 Å². The molecule has 94 valence electrons. The lowest BCUT2D eigenvalue weighted by atomic mass is 10.2. The largest absolute Gasteiger partial charge is 0.394 e. The predicted octanol–water partition coefficient (Wildman–Crippen LogP) is 1.14. The Balaban J connectivity index is 2.16. The first-order valence-electron chi connectivity index (χ1n) is 5.61. The summed E-state index contributed by atoms with van der Waals surface area (Å²) in [4.78, 5) is 2.18. The van der Waals surface area contributed by atoms with Gasteiger partial charge in [0.15, 0.2) is 0 Å². The maximum atomic E-state index is 9.11. The van der Waals surface area contributed by atoms with Gasteiger partial charge in [0.25, 0.3) is 0 Å². The van der Waals surface area contributed by atoms with Crippen LogP contribution in [-0.2, 0) is 11.3 Å². The van der Waals surface area contributed by atoms with Crippen LogP contribution < -0.4 is 4.90 Å². The number of benzene rings is 1. The first-order valence-corrected chi connectivity index (χ1v) is 6.40. The van der Waals surface area contributed by atoms with Crippen LogP contribution in [0.4, 0.5) is 5.69 Å². The van der Waals surface area contributed by atoms with E-state index in [-0.39, 0.29) is 19.3 Å². The number of hydrogen-bond acceptors (Lipinski definition) is 4. The van der Waals surface area contributed by atoms with Gasteiger partial charge in [-0.2, -0.15) is 0 Å². The molecule has 1 aliphatic rings. The fraction of sp³-hybridized carbons (Fsp3) is 0.500. The van der Waals surface area contributed by atoms with Gasteiger partial charge in [0, 0.05) is 17.6 Å². The zero-order chi connectivity index (χ0) is 12.3. The molecule has 1 unspecified atom stereocenters. The van der Waals surface area contributed by atoms with Gasteiger partial charge in [0.05, 0.1) is 31.6 Å². The van der Waals surface area contributed by atoms with Gasteiger partial charge < -0.3 is 19.8 Å². The van der Waals surface area contributed by atoms with Gasteiger partial charge in [-0.25, -0.2) is 0 Å². The van der Waals surface area contributed by atoms with Crippen LogP contribution in [0, 0.1) is 0 Å². The topological polar surface area (TPSA) is 52.9 Å². The molecule has 1 fully saturated rings. The van der Waals surface area contributed by atoms with Crippen molar-refractivity contribution in [2.45, 2.75) is 12.7 Å². The summed E-state index contributed by atoms with van der Waals surface area (Å²) in [6.07, 6.45) is -0.117. The lowest BCUT2D eigenvalue weighted by Crippen LogP contribution is -2.44. The zero-order valence-corrected chi connectivity index (χ0v) is 11.1. The van der Waals surface area contributed by atoms with E-state index in [2.05, 4.69) is 20.8 Å². The van der Waals surface area contributed by atoms with Crippen LogP contribution >= 0.6 is 15.9 Å². The summed E-state index contributed by atoms with van der Waals surface area (Å²) in [6, 6.07) is 5.80. The molecule has 1 aromatic carbocycles. The maximum Gasteiger partial charge on any atom is 0.0980 e. The van der Waals surface area contributed by atoms with E-state index < -0.39 is 0 Å². The Labute approximate surface area is 109 Å². The lowest BCUT2D eigenvalue weighted by molar-refractivity contribution is 0.00353. The first kappa shape index (κ1) is 12.8. The van der Waals surface area contributed by atoms with Crippen LogP contribution in [0.2, 0.25) is 0 Å². The molecular weight excluding hydrogens is 286 g/mol. The highest BCUT2D eigenvalue weighted by molar-refractivity contribution is 9.10.